The number of nitrogens with one attached hydrogen (secondary N) is 1. The van der Waals surface area contributed by atoms with Crippen LogP contribution in [0, 0.1) is 0 Å². The quantitative estimate of drug-likeness (QED) is 0.892. The van der Waals surface area contributed by atoms with Gasteiger partial charge in [0.2, 0.25) is 11.9 Å². The van der Waals surface area contributed by atoms with Crippen LogP contribution in [0.5, 0.6) is 0 Å². The second-order valence-corrected chi connectivity index (χ2v) is 6.09. The van der Waals surface area contributed by atoms with Gasteiger partial charge in [-0.1, -0.05) is 24.3 Å². The van der Waals surface area contributed by atoms with E-state index in [-0.39, 0.29) is 5.91 Å². The van der Waals surface area contributed by atoms with E-state index in [4.69, 9.17) is 0 Å². The molecule has 1 saturated heterocycles. The number of anilines is 1. The van der Waals surface area contributed by atoms with Gasteiger partial charge >= 0.3 is 0 Å². The molecule has 2 aromatic rings. The summed E-state index contributed by atoms with van der Waals surface area (Å²) in [6.07, 6.45) is 1.51. The molecule has 0 aliphatic carbocycles. The molecule has 0 radical (unpaired) electrons. The number of aromatic amines is 1. The average Bonchev–Trinajstić information content (AvgIpc) is 3.24. The fraction of sp³-hybridized carbons (Fsp3) is 0.438. The number of carbonyl (C=O) groups excluding carboxylic acids is 1. The number of hydrogen-bond donors (Lipinski definition) is 1. The maximum atomic E-state index is 12.5. The van der Waals surface area contributed by atoms with Crippen LogP contribution in [-0.4, -0.2) is 63.6 Å². The van der Waals surface area contributed by atoms with Crippen molar-refractivity contribution in [3.63, 3.8) is 0 Å². The third-order valence-corrected chi connectivity index (χ3v) is 4.60. The SMILES string of the molecule is O=C(CN1Cc2ccccc2C1)N1CCN(c2ncn[nH]2)CC1. The van der Waals surface area contributed by atoms with Crippen LogP contribution in [0.25, 0.3) is 0 Å². The van der Waals surface area contributed by atoms with E-state index < -0.39 is 0 Å². The molecule has 4 rings (SSSR count). The number of rotatable bonds is 3. The Morgan fingerprint density at radius 1 is 1.09 bits per heavy atom. The minimum Gasteiger partial charge on any atom is -0.338 e. The molecule has 2 aliphatic heterocycles. The minimum atomic E-state index is 0.218. The second-order valence-electron chi connectivity index (χ2n) is 6.09. The van der Waals surface area contributed by atoms with Crippen molar-refractivity contribution in [1.82, 2.24) is 25.0 Å². The Kier molecular flexibility index (Phi) is 3.70. The van der Waals surface area contributed by atoms with Crippen molar-refractivity contribution in [2.24, 2.45) is 0 Å². The van der Waals surface area contributed by atoms with E-state index in [2.05, 4.69) is 49.2 Å². The van der Waals surface area contributed by atoms with Gasteiger partial charge in [-0.25, -0.2) is 5.10 Å². The summed E-state index contributed by atoms with van der Waals surface area (Å²) in [5, 5.41) is 6.75. The molecular weight excluding hydrogens is 292 g/mol. The maximum Gasteiger partial charge on any atom is 0.236 e. The molecule has 2 aliphatic rings. The Morgan fingerprint density at radius 3 is 2.39 bits per heavy atom. The summed E-state index contributed by atoms with van der Waals surface area (Å²) in [7, 11) is 0. The normalized spacial score (nSPS) is 18.3. The van der Waals surface area contributed by atoms with E-state index in [0.29, 0.717) is 6.54 Å². The number of carbonyl (C=O) groups is 1. The average molecular weight is 312 g/mol. The number of fused-ring (bicyclic) bond motifs is 1. The van der Waals surface area contributed by atoms with Crippen LogP contribution >= 0.6 is 0 Å². The molecular formula is C16H20N6O. The van der Waals surface area contributed by atoms with Crippen LogP contribution in [0.4, 0.5) is 5.95 Å². The second kappa shape index (κ2) is 6.00. The highest BCUT2D eigenvalue weighted by Gasteiger charge is 2.26. The summed E-state index contributed by atoms with van der Waals surface area (Å²) in [6.45, 7) is 5.31. The molecule has 0 bridgehead atoms. The van der Waals surface area contributed by atoms with E-state index >= 15 is 0 Å². The maximum absolute atomic E-state index is 12.5. The first-order valence-electron chi connectivity index (χ1n) is 7.97. The van der Waals surface area contributed by atoms with Gasteiger partial charge < -0.3 is 9.80 Å². The van der Waals surface area contributed by atoms with E-state index in [9.17, 15) is 4.79 Å². The molecule has 7 heteroatoms. The number of aromatic nitrogens is 3. The molecule has 0 spiro atoms. The van der Waals surface area contributed by atoms with Gasteiger partial charge in [0.15, 0.2) is 0 Å². The van der Waals surface area contributed by atoms with Crippen molar-refractivity contribution in [3.05, 3.63) is 41.7 Å². The Morgan fingerprint density at radius 2 is 1.78 bits per heavy atom. The number of amides is 1. The fourth-order valence-electron chi connectivity index (χ4n) is 3.33. The first kappa shape index (κ1) is 14.2. The Bertz CT molecular complexity index is 653. The zero-order valence-electron chi connectivity index (χ0n) is 13.0. The molecule has 1 fully saturated rings. The van der Waals surface area contributed by atoms with Gasteiger partial charge in [-0.2, -0.15) is 10.1 Å². The van der Waals surface area contributed by atoms with Crippen LogP contribution in [0.1, 0.15) is 11.1 Å². The van der Waals surface area contributed by atoms with Crippen LogP contribution in [0.3, 0.4) is 0 Å². The third-order valence-electron chi connectivity index (χ3n) is 4.60. The summed E-state index contributed by atoms with van der Waals surface area (Å²) in [5.74, 6) is 1.00. The van der Waals surface area contributed by atoms with Crippen LogP contribution in [-0.2, 0) is 17.9 Å². The zero-order valence-corrected chi connectivity index (χ0v) is 13.0. The number of nitrogens with zero attached hydrogens (tertiary/aromatic N) is 5. The molecule has 1 N–H and O–H groups in total. The minimum absolute atomic E-state index is 0.218. The zero-order chi connectivity index (χ0) is 15.6. The highest BCUT2D eigenvalue weighted by molar-refractivity contribution is 5.78. The molecule has 1 aromatic heterocycles. The molecule has 0 saturated carbocycles. The molecule has 1 amide bonds. The predicted octanol–water partition coefficient (Wildman–Crippen LogP) is 0.469. The molecule has 3 heterocycles. The molecule has 120 valence electrons. The highest BCUT2D eigenvalue weighted by Crippen LogP contribution is 2.22. The highest BCUT2D eigenvalue weighted by atomic mass is 16.2. The Hall–Kier alpha value is -2.41. The number of H-pyrrole nitrogens is 1. The monoisotopic (exact) mass is 312 g/mol. The number of hydrogen-bond acceptors (Lipinski definition) is 5. The lowest BCUT2D eigenvalue weighted by atomic mass is 10.1. The first-order chi connectivity index (χ1) is 11.3. The number of piperazine rings is 1. The van der Waals surface area contributed by atoms with Crippen molar-refractivity contribution >= 4 is 11.9 Å². The third kappa shape index (κ3) is 2.92. The van der Waals surface area contributed by atoms with Gasteiger partial charge in [-0.05, 0) is 11.1 Å². The van der Waals surface area contributed by atoms with Gasteiger partial charge in [0.1, 0.15) is 6.33 Å². The molecule has 23 heavy (non-hydrogen) atoms. The lowest BCUT2D eigenvalue weighted by Gasteiger charge is -2.35. The van der Waals surface area contributed by atoms with Gasteiger partial charge in [0.25, 0.3) is 0 Å². The van der Waals surface area contributed by atoms with E-state index in [0.717, 1.165) is 45.2 Å². The summed E-state index contributed by atoms with van der Waals surface area (Å²) in [5.41, 5.74) is 2.69. The van der Waals surface area contributed by atoms with Gasteiger partial charge in [-0.15, -0.1) is 0 Å². The summed E-state index contributed by atoms with van der Waals surface area (Å²) in [6, 6.07) is 8.42. The smallest absolute Gasteiger partial charge is 0.236 e. The fourth-order valence-corrected chi connectivity index (χ4v) is 3.33. The summed E-state index contributed by atoms with van der Waals surface area (Å²) in [4.78, 5) is 23.0. The van der Waals surface area contributed by atoms with Gasteiger partial charge in [0, 0.05) is 39.3 Å². The van der Waals surface area contributed by atoms with Crippen LogP contribution in [0.15, 0.2) is 30.6 Å². The van der Waals surface area contributed by atoms with Crippen molar-refractivity contribution in [2.45, 2.75) is 13.1 Å². The van der Waals surface area contributed by atoms with Gasteiger partial charge in [0.05, 0.1) is 6.54 Å². The lowest BCUT2D eigenvalue weighted by Crippen LogP contribution is -2.51. The standard InChI is InChI=1S/C16H20N6O/c23-15(11-20-9-13-3-1-2-4-14(13)10-20)21-5-7-22(8-6-21)16-17-12-18-19-16/h1-4,12H,5-11H2,(H,17,18,19). The Labute approximate surface area is 134 Å². The lowest BCUT2D eigenvalue weighted by molar-refractivity contribution is -0.132. The number of benzene rings is 1. The van der Waals surface area contributed by atoms with Crippen molar-refractivity contribution in [3.8, 4) is 0 Å². The summed E-state index contributed by atoms with van der Waals surface area (Å²) >= 11 is 0. The summed E-state index contributed by atoms with van der Waals surface area (Å²) < 4.78 is 0. The van der Waals surface area contributed by atoms with E-state index in [1.54, 1.807) is 0 Å². The van der Waals surface area contributed by atoms with Crippen LogP contribution in [0.2, 0.25) is 0 Å². The molecule has 0 unspecified atom stereocenters. The largest absolute Gasteiger partial charge is 0.338 e. The van der Waals surface area contributed by atoms with Gasteiger partial charge in [-0.3, -0.25) is 9.69 Å². The molecule has 7 nitrogen and oxygen atoms in total. The van der Waals surface area contributed by atoms with Crippen molar-refractivity contribution in [1.29, 1.82) is 0 Å². The Balaban J connectivity index is 1.30. The topological polar surface area (TPSA) is 68.4 Å². The van der Waals surface area contributed by atoms with Crippen molar-refractivity contribution in [2.75, 3.05) is 37.6 Å². The van der Waals surface area contributed by atoms with Crippen LogP contribution < -0.4 is 4.90 Å². The molecule has 0 atom stereocenters. The van der Waals surface area contributed by atoms with E-state index in [1.165, 1.54) is 17.5 Å². The first-order valence-corrected chi connectivity index (χ1v) is 7.97. The van der Waals surface area contributed by atoms with E-state index in [1.807, 2.05) is 4.90 Å². The molecule has 1 aromatic carbocycles. The predicted molar refractivity (Wildman–Crippen MR) is 85.7 cm³/mol. The van der Waals surface area contributed by atoms with Crippen molar-refractivity contribution < 1.29 is 4.79 Å².